The summed E-state index contributed by atoms with van der Waals surface area (Å²) in [6, 6.07) is 5.54. The fraction of sp³-hybridized carbons (Fsp3) is 0.429. The van der Waals surface area contributed by atoms with Crippen LogP contribution in [-0.4, -0.2) is 23.4 Å². The summed E-state index contributed by atoms with van der Waals surface area (Å²) in [6.07, 6.45) is 0.965. The van der Waals surface area contributed by atoms with Crippen molar-refractivity contribution in [2.24, 2.45) is 5.92 Å². The number of carbonyl (C=O) groups is 2. The Morgan fingerprint density at radius 3 is 2.71 bits per heavy atom. The van der Waals surface area contributed by atoms with Crippen molar-refractivity contribution in [3.63, 3.8) is 0 Å². The maximum Gasteiger partial charge on any atom is 0.306 e. The smallest absolute Gasteiger partial charge is 0.306 e. The Morgan fingerprint density at radius 1 is 1.38 bits per heavy atom. The number of nitrogens with one attached hydrogen (secondary N) is 1. The van der Waals surface area contributed by atoms with Crippen LogP contribution < -0.4 is 5.32 Å². The zero-order chi connectivity index (χ0) is 15.8. The second kappa shape index (κ2) is 7.98. The van der Waals surface area contributed by atoms with Gasteiger partial charge in [0.2, 0.25) is 0 Å². The van der Waals surface area contributed by atoms with Crippen LogP contribution in [-0.2, 0) is 14.3 Å². The fourth-order valence-corrected chi connectivity index (χ4v) is 1.52. The van der Waals surface area contributed by atoms with Crippen LogP contribution in [0.15, 0.2) is 24.3 Å². The van der Waals surface area contributed by atoms with Crippen LogP contribution in [0.1, 0.15) is 26.7 Å². The number of benzene rings is 1. The third-order valence-electron chi connectivity index (χ3n) is 2.63. The van der Waals surface area contributed by atoms with E-state index in [4.69, 9.17) is 4.74 Å². The van der Waals surface area contributed by atoms with E-state index in [2.05, 4.69) is 5.32 Å². The van der Waals surface area contributed by atoms with Gasteiger partial charge in [-0.25, -0.2) is 0 Å². The van der Waals surface area contributed by atoms with Gasteiger partial charge in [-0.3, -0.25) is 19.7 Å². The first kappa shape index (κ1) is 16.6. The van der Waals surface area contributed by atoms with Crippen LogP contribution in [0.3, 0.4) is 0 Å². The predicted octanol–water partition coefficient (Wildman–Crippen LogP) is 2.51. The average Bonchev–Trinajstić information content (AvgIpc) is 2.43. The van der Waals surface area contributed by atoms with Crippen molar-refractivity contribution in [1.29, 1.82) is 0 Å². The Hall–Kier alpha value is -2.44. The van der Waals surface area contributed by atoms with E-state index in [0.29, 0.717) is 12.3 Å². The fourth-order valence-electron chi connectivity index (χ4n) is 1.52. The molecule has 0 spiro atoms. The lowest BCUT2D eigenvalue weighted by Crippen LogP contribution is -2.21. The summed E-state index contributed by atoms with van der Waals surface area (Å²) in [4.78, 5) is 33.0. The van der Waals surface area contributed by atoms with Gasteiger partial charge in [-0.2, -0.15) is 0 Å². The maximum absolute atomic E-state index is 11.6. The minimum atomic E-state index is -0.554. The van der Waals surface area contributed by atoms with Crippen LogP contribution in [0.4, 0.5) is 11.4 Å². The number of amides is 1. The number of carbonyl (C=O) groups excluding carboxylic acids is 2. The van der Waals surface area contributed by atoms with E-state index < -0.39 is 23.4 Å². The standard InChI is InChI=1S/C14H18N2O5/c1-10(2)6-7-14(18)21-9-13(17)15-11-4-3-5-12(8-11)16(19)20/h3-5,8,10H,6-7,9H2,1-2H3,(H,15,17). The molecule has 0 radical (unpaired) electrons. The molecule has 1 rings (SSSR count). The molecule has 0 aliphatic rings. The molecule has 1 amide bonds. The number of nitrogens with zero attached hydrogens (tertiary/aromatic N) is 1. The first-order chi connectivity index (χ1) is 9.88. The lowest BCUT2D eigenvalue weighted by molar-refractivity contribution is -0.384. The number of hydrogen-bond donors (Lipinski definition) is 1. The summed E-state index contributed by atoms with van der Waals surface area (Å²) in [7, 11) is 0. The van der Waals surface area contributed by atoms with Crippen LogP contribution in [0, 0.1) is 16.0 Å². The largest absolute Gasteiger partial charge is 0.456 e. The highest BCUT2D eigenvalue weighted by Gasteiger charge is 2.10. The third kappa shape index (κ3) is 6.51. The number of esters is 1. The minimum absolute atomic E-state index is 0.123. The molecule has 0 unspecified atom stereocenters. The summed E-state index contributed by atoms with van der Waals surface area (Å²) < 4.78 is 4.82. The Morgan fingerprint density at radius 2 is 2.10 bits per heavy atom. The Balaban J connectivity index is 2.42. The summed E-state index contributed by atoms with van der Waals surface area (Å²) >= 11 is 0. The second-order valence-electron chi connectivity index (χ2n) is 4.95. The van der Waals surface area contributed by atoms with Crippen LogP contribution in [0.5, 0.6) is 0 Å². The Kier molecular flexibility index (Phi) is 6.32. The highest BCUT2D eigenvalue weighted by atomic mass is 16.6. The molecule has 7 nitrogen and oxygen atoms in total. The number of nitro groups is 1. The van der Waals surface area contributed by atoms with Gasteiger partial charge < -0.3 is 10.1 Å². The molecule has 1 N–H and O–H groups in total. The molecule has 0 fully saturated rings. The lowest BCUT2D eigenvalue weighted by Gasteiger charge is -2.07. The number of anilines is 1. The molecule has 0 aliphatic carbocycles. The quantitative estimate of drug-likeness (QED) is 0.473. The molecule has 0 atom stereocenters. The Labute approximate surface area is 122 Å². The van der Waals surface area contributed by atoms with Gasteiger partial charge in [-0.1, -0.05) is 19.9 Å². The van der Waals surface area contributed by atoms with Gasteiger partial charge in [0.25, 0.3) is 11.6 Å². The first-order valence-corrected chi connectivity index (χ1v) is 6.58. The molecule has 0 saturated heterocycles. The molecule has 1 aromatic carbocycles. The number of ether oxygens (including phenoxy) is 1. The van der Waals surface area contributed by atoms with Gasteiger partial charge in [0.15, 0.2) is 6.61 Å². The molecule has 0 aliphatic heterocycles. The van der Waals surface area contributed by atoms with Crippen molar-refractivity contribution in [3.05, 3.63) is 34.4 Å². The van der Waals surface area contributed by atoms with Crippen molar-refractivity contribution < 1.29 is 19.2 Å². The van der Waals surface area contributed by atoms with E-state index in [0.717, 1.165) is 0 Å². The summed E-state index contributed by atoms with van der Waals surface area (Å²) in [5.41, 5.74) is 0.161. The predicted molar refractivity (Wildman–Crippen MR) is 76.8 cm³/mol. The third-order valence-corrected chi connectivity index (χ3v) is 2.63. The second-order valence-corrected chi connectivity index (χ2v) is 4.95. The van der Waals surface area contributed by atoms with E-state index in [-0.39, 0.29) is 17.8 Å². The van der Waals surface area contributed by atoms with E-state index in [1.54, 1.807) is 0 Å². The van der Waals surface area contributed by atoms with Gasteiger partial charge in [-0.15, -0.1) is 0 Å². The normalized spacial score (nSPS) is 10.2. The van der Waals surface area contributed by atoms with Crippen molar-refractivity contribution in [2.45, 2.75) is 26.7 Å². The molecule has 0 heterocycles. The maximum atomic E-state index is 11.6. The van der Waals surface area contributed by atoms with Crippen molar-refractivity contribution >= 4 is 23.3 Å². The highest BCUT2D eigenvalue weighted by Crippen LogP contribution is 2.16. The van der Waals surface area contributed by atoms with Crippen molar-refractivity contribution in [1.82, 2.24) is 0 Å². The first-order valence-electron chi connectivity index (χ1n) is 6.58. The topological polar surface area (TPSA) is 98.5 Å². The molecule has 1 aromatic rings. The summed E-state index contributed by atoms with van der Waals surface area (Å²) in [6.45, 7) is 3.57. The molecule has 0 bridgehead atoms. The number of rotatable bonds is 7. The minimum Gasteiger partial charge on any atom is -0.456 e. The molecule has 0 aromatic heterocycles. The van der Waals surface area contributed by atoms with E-state index in [1.807, 2.05) is 13.8 Å². The zero-order valence-electron chi connectivity index (χ0n) is 12.0. The summed E-state index contributed by atoms with van der Waals surface area (Å²) in [5, 5.41) is 13.0. The van der Waals surface area contributed by atoms with Crippen LogP contribution in [0.25, 0.3) is 0 Å². The van der Waals surface area contributed by atoms with Gasteiger partial charge >= 0.3 is 5.97 Å². The number of nitro benzene ring substituents is 1. The van der Waals surface area contributed by atoms with Crippen LogP contribution in [0.2, 0.25) is 0 Å². The van der Waals surface area contributed by atoms with E-state index >= 15 is 0 Å². The van der Waals surface area contributed by atoms with Gasteiger partial charge in [0.1, 0.15) is 0 Å². The number of non-ortho nitro benzene ring substituents is 1. The van der Waals surface area contributed by atoms with Crippen molar-refractivity contribution in [3.8, 4) is 0 Å². The SMILES string of the molecule is CC(C)CCC(=O)OCC(=O)Nc1cccc([N+](=O)[O-])c1. The monoisotopic (exact) mass is 294 g/mol. The molecule has 7 heteroatoms. The zero-order valence-corrected chi connectivity index (χ0v) is 12.0. The van der Waals surface area contributed by atoms with Crippen LogP contribution >= 0.6 is 0 Å². The van der Waals surface area contributed by atoms with E-state index in [1.165, 1.54) is 24.3 Å². The molecule has 0 saturated carbocycles. The van der Waals surface area contributed by atoms with Gasteiger partial charge in [0.05, 0.1) is 4.92 Å². The molecular weight excluding hydrogens is 276 g/mol. The van der Waals surface area contributed by atoms with Crippen molar-refractivity contribution in [2.75, 3.05) is 11.9 Å². The highest BCUT2D eigenvalue weighted by molar-refractivity contribution is 5.93. The molecular formula is C14H18N2O5. The Bertz CT molecular complexity index is 528. The summed E-state index contributed by atoms with van der Waals surface area (Å²) in [5.74, 6) is -0.581. The lowest BCUT2D eigenvalue weighted by atomic mass is 10.1. The molecule has 114 valence electrons. The van der Waals surface area contributed by atoms with E-state index in [9.17, 15) is 19.7 Å². The van der Waals surface area contributed by atoms with Gasteiger partial charge in [-0.05, 0) is 18.4 Å². The molecule has 21 heavy (non-hydrogen) atoms. The average molecular weight is 294 g/mol. The number of hydrogen-bond acceptors (Lipinski definition) is 5. The van der Waals surface area contributed by atoms with Gasteiger partial charge in [0, 0.05) is 24.2 Å².